The van der Waals surface area contributed by atoms with Crippen molar-refractivity contribution in [2.45, 2.75) is 38.9 Å². The van der Waals surface area contributed by atoms with Gasteiger partial charge in [-0.3, -0.25) is 10.1 Å². The van der Waals surface area contributed by atoms with Gasteiger partial charge >= 0.3 is 0 Å². The highest BCUT2D eigenvalue weighted by Crippen LogP contribution is 2.37. The van der Waals surface area contributed by atoms with Gasteiger partial charge in [0, 0.05) is 6.07 Å². The molecule has 4 nitrogen and oxygen atoms in total. The first-order valence-electron chi connectivity index (χ1n) is 6.84. The molecule has 0 aliphatic rings. The lowest BCUT2D eigenvalue weighted by Gasteiger charge is -2.36. The van der Waals surface area contributed by atoms with Crippen molar-refractivity contribution in [3.63, 3.8) is 0 Å². The lowest BCUT2D eigenvalue weighted by Crippen LogP contribution is -2.40. The first-order valence-corrected chi connectivity index (χ1v) is 9.75. The zero-order valence-corrected chi connectivity index (χ0v) is 14.3. The van der Waals surface area contributed by atoms with Crippen LogP contribution in [0.15, 0.2) is 42.7 Å². The van der Waals surface area contributed by atoms with Crippen molar-refractivity contribution in [2.75, 3.05) is 0 Å². The first kappa shape index (κ1) is 17.2. The second-order valence-corrected chi connectivity index (χ2v) is 11.2. The van der Waals surface area contributed by atoms with Gasteiger partial charge in [0.05, 0.1) is 16.2 Å². The highest BCUT2D eigenvalue weighted by atomic mass is 28.4. The van der Waals surface area contributed by atoms with Gasteiger partial charge < -0.3 is 4.43 Å². The van der Waals surface area contributed by atoms with E-state index in [9.17, 15) is 10.1 Å². The van der Waals surface area contributed by atoms with E-state index < -0.39 is 13.2 Å². The lowest BCUT2D eigenvalue weighted by molar-refractivity contribution is -0.385. The molecule has 0 aliphatic heterocycles. The standard InChI is InChI=1S/C16H23NO3Si/c1-13(20-21(5,6)16(2,3)4)11-12-14-9-7-8-10-15(14)17(18)19/h7-12H,1H2,2-6H3/b12-11+. The Balaban J connectivity index is 2.88. The average Bonchev–Trinajstić information content (AvgIpc) is 2.34. The van der Waals surface area contributed by atoms with Crippen molar-refractivity contribution in [1.82, 2.24) is 0 Å². The number of nitro benzene ring substituents is 1. The van der Waals surface area contributed by atoms with Crippen LogP contribution in [0.2, 0.25) is 18.1 Å². The van der Waals surface area contributed by atoms with Gasteiger partial charge in [-0.1, -0.05) is 39.5 Å². The predicted molar refractivity (Wildman–Crippen MR) is 89.6 cm³/mol. The van der Waals surface area contributed by atoms with E-state index in [0.717, 1.165) is 0 Å². The number of allylic oxidation sites excluding steroid dienone is 1. The molecule has 1 aromatic carbocycles. The van der Waals surface area contributed by atoms with Crippen LogP contribution < -0.4 is 0 Å². The van der Waals surface area contributed by atoms with E-state index in [1.807, 2.05) is 0 Å². The second kappa shape index (κ2) is 6.26. The molecule has 0 radical (unpaired) electrons. The molecule has 5 heteroatoms. The fraction of sp³-hybridized carbons (Fsp3) is 0.375. The number of nitro groups is 1. The average molecular weight is 305 g/mol. The SMILES string of the molecule is C=C(/C=C/c1ccccc1[N+](=O)[O-])O[Si](C)(C)C(C)(C)C. The van der Waals surface area contributed by atoms with Crippen molar-refractivity contribution >= 4 is 20.1 Å². The molecule has 21 heavy (non-hydrogen) atoms. The van der Waals surface area contributed by atoms with Crippen molar-refractivity contribution in [2.24, 2.45) is 0 Å². The first-order chi connectivity index (χ1) is 9.54. The Morgan fingerprint density at radius 3 is 2.43 bits per heavy atom. The Morgan fingerprint density at radius 1 is 1.33 bits per heavy atom. The number of nitrogens with zero attached hydrogens (tertiary/aromatic N) is 1. The minimum absolute atomic E-state index is 0.0777. The summed E-state index contributed by atoms with van der Waals surface area (Å²) >= 11 is 0. The smallest absolute Gasteiger partial charge is 0.276 e. The van der Waals surface area contributed by atoms with Gasteiger partial charge in [0.15, 0.2) is 0 Å². The third-order valence-electron chi connectivity index (χ3n) is 3.77. The number of hydrogen-bond acceptors (Lipinski definition) is 3. The molecule has 0 unspecified atom stereocenters. The van der Waals surface area contributed by atoms with Crippen molar-refractivity contribution < 1.29 is 9.35 Å². The quantitative estimate of drug-likeness (QED) is 0.249. The van der Waals surface area contributed by atoms with Crippen LogP contribution in [0, 0.1) is 10.1 Å². The molecule has 0 saturated carbocycles. The third kappa shape index (κ3) is 4.56. The summed E-state index contributed by atoms with van der Waals surface area (Å²) in [6.07, 6.45) is 3.37. The van der Waals surface area contributed by atoms with E-state index in [1.54, 1.807) is 30.4 Å². The monoisotopic (exact) mass is 305 g/mol. The van der Waals surface area contributed by atoms with Crippen LogP contribution in [0.1, 0.15) is 26.3 Å². The molecular formula is C16H23NO3Si. The highest BCUT2D eigenvalue weighted by molar-refractivity contribution is 6.74. The largest absolute Gasteiger partial charge is 0.544 e. The van der Waals surface area contributed by atoms with Gasteiger partial charge in [0.25, 0.3) is 5.69 Å². The summed E-state index contributed by atoms with van der Waals surface area (Å²) < 4.78 is 6.01. The summed E-state index contributed by atoms with van der Waals surface area (Å²) in [6.45, 7) is 14.6. The predicted octanol–water partition coefficient (Wildman–Crippen LogP) is 5.14. The zero-order chi connectivity index (χ0) is 16.3. The molecule has 0 atom stereocenters. The van der Waals surface area contributed by atoms with Crippen LogP contribution in [0.4, 0.5) is 5.69 Å². The Morgan fingerprint density at radius 2 is 1.90 bits per heavy atom. The minimum Gasteiger partial charge on any atom is -0.544 e. The van der Waals surface area contributed by atoms with Gasteiger partial charge in [0.1, 0.15) is 0 Å². The fourth-order valence-corrected chi connectivity index (χ4v) is 2.52. The van der Waals surface area contributed by atoms with Crippen LogP contribution in [0.25, 0.3) is 6.08 Å². The van der Waals surface area contributed by atoms with E-state index >= 15 is 0 Å². The van der Waals surface area contributed by atoms with Gasteiger partial charge in [0.2, 0.25) is 8.32 Å². The molecule has 0 N–H and O–H groups in total. The summed E-state index contributed by atoms with van der Waals surface area (Å²) in [4.78, 5) is 10.6. The van der Waals surface area contributed by atoms with Gasteiger partial charge in [-0.15, -0.1) is 0 Å². The molecule has 0 aromatic heterocycles. The Kier molecular flexibility index (Phi) is 5.12. The highest BCUT2D eigenvalue weighted by Gasteiger charge is 2.38. The zero-order valence-electron chi connectivity index (χ0n) is 13.3. The van der Waals surface area contributed by atoms with Crippen molar-refractivity contribution in [3.8, 4) is 0 Å². The molecule has 0 fully saturated rings. The number of para-hydroxylation sites is 1. The molecule has 0 aliphatic carbocycles. The van der Waals surface area contributed by atoms with Crippen LogP contribution >= 0.6 is 0 Å². The van der Waals surface area contributed by atoms with Crippen LogP contribution in [0.3, 0.4) is 0 Å². The Bertz CT molecular complexity index is 571. The third-order valence-corrected chi connectivity index (χ3v) is 8.16. The molecule has 0 saturated heterocycles. The summed E-state index contributed by atoms with van der Waals surface area (Å²) in [5.74, 6) is 0.541. The van der Waals surface area contributed by atoms with Crippen LogP contribution in [0.5, 0.6) is 0 Å². The van der Waals surface area contributed by atoms with E-state index in [-0.39, 0.29) is 10.7 Å². The van der Waals surface area contributed by atoms with Gasteiger partial charge in [-0.05, 0) is 36.4 Å². The van der Waals surface area contributed by atoms with Crippen LogP contribution in [-0.2, 0) is 4.43 Å². The molecule has 114 valence electrons. The molecule has 0 bridgehead atoms. The number of benzene rings is 1. The summed E-state index contributed by atoms with van der Waals surface area (Å²) in [5, 5.41) is 11.0. The lowest BCUT2D eigenvalue weighted by atomic mass is 10.1. The van der Waals surface area contributed by atoms with Gasteiger partial charge in [-0.2, -0.15) is 0 Å². The molecule has 0 spiro atoms. The maximum absolute atomic E-state index is 11.0. The molecular weight excluding hydrogens is 282 g/mol. The van der Waals surface area contributed by atoms with E-state index in [2.05, 4.69) is 40.4 Å². The number of rotatable bonds is 5. The minimum atomic E-state index is -1.93. The van der Waals surface area contributed by atoms with E-state index in [0.29, 0.717) is 11.3 Å². The molecule has 0 heterocycles. The fourth-order valence-electron chi connectivity index (χ4n) is 1.49. The summed E-state index contributed by atoms with van der Waals surface area (Å²) in [5.41, 5.74) is 0.622. The van der Waals surface area contributed by atoms with Crippen molar-refractivity contribution in [3.05, 3.63) is 58.4 Å². The summed E-state index contributed by atoms with van der Waals surface area (Å²) in [6, 6.07) is 6.60. The second-order valence-electron chi connectivity index (χ2n) is 6.48. The van der Waals surface area contributed by atoms with Crippen LogP contribution in [-0.4, -0.2) is 13.2 Å². The maximum atomic E-state index is 11.0. The topological polar surface area (TPSA) is 52.4 Å². The molecule has 1 rings (SSSR count). The van der Waals surface area contributed by atoms with E-state index in [1.165, 1.54) is 6.07 Å². The maximum Gasteiger partial charge on any atom is 0.276 e. The van der Waals surface area contributed by atoms with Crippen molar-refractivity contribution in [1.29, 1.82) is 0 Å². The molecule has 1 aromatic rings. The molecule has 0 amide bonds. The number of hydrogen-bond donors (Lipinski definition) is 0. The summed E-state index contributed by atoms with van der Waals surface area (Å²) in [7, 11) is -1.93. The Hall–Kier alpha value is -1.88. The van der Waals surface area contributed by atoms with E-state index in [4.69, 9.17) is 4.43 Å². The van der Waals surface area contributed by atoms with Gasteiger partial charge in [-0.25, -0.2) is 0 Å². The normalized spacial score (nSPS) is 12.4. The Labute approximate surface area is 127 Å².